The molecular weight excluding hydrogens is 272 g/mol. The summed E-state index contributed by atoms with van der Waals surface area (Å²) in [5.41, 5.74) is 0. The van der Waals surface area contributed by atoms with Crippen molar-refractivity contribution in [3.63, 3.8) is 0 Å². The van der Waals surface area contributed by atoms with Gasteiger partial charge >= 0.3 is 0 Å². The Labute approximate surface area is 121 Å². The maximum Gasteiger partial charge on any atom is 0.247 e. The molecule has 0 saturated carbocycles. The van der Waals surface area contributed by atoms with Crippen LogP contribution in [-0.4, -0.2) is 52.0 Å². The first-order chi connectivity index (χ1) is 10.3. The molecule has 0 unspecified atom stereocenters. The van der Waals surface area contributed by atoms with Crippen molar-refractivity contribution >= 4 is 17.5 Å². The zero-order valence-electron chi connectivity index (χ0n) is 11.5. The molecule has 0 spiro atoms. The van der Waals surface area contributed by atoms with E-state index in [0.717, 1.165) is 18.9 Å². The maximum atomic E-state index is 11.9. The number of nitrogens with zero attached hydrogens (tertiary/aromatic N) is 5. The molecule has 8 heteroatoms. The summed E-state index contributed by atoms with van der Waals surface area (Å²) in [6.45, 7) is 3.11. The van der Waals surface area contributed by atoms with E-state index < -0.39 is 0 Å². The number of carbonyl (C=O) groups is 1. The molecule has 110 valence electrons. The molecule has 2 aromatic rings. The Balaban J connectivity index is 1.63. The Hall–Kier alpha value is -2.48. The van der Waals surface area contributed by atoms with Crippen LogP contribution in [0.2, 0.25) is 0 Å². The van der Waals surface area contributed by atoms with Crippen LogP contribution in [0.5, 0.6) is 0 Å². The van der Waals surface area contributed by atoms with E-state index in [-0.39, 0.29) is 12.5 Å². The predicted octanol–water partition coefficient (Wildman–Crippen LogP) is 0.148. The fourth-order valence-electron chi connectivity index (χ4n) is 2.10. The Morgan fingerprint density at radius 2 is 2.19 bits per heavy atom. The van der Waals surface area contributed by atoms with Crippen molar-refractivity contribution in [3.8, 4) is 0 Å². The molecule has 1 saturated heterocycles. The third-order valence-corrected chi connectivity index (χ3v) is 3.12. The molecule has 1 fully saturated rings. The first-order valence-electron chi connectivity index (χ1n) is 6.73. The van der Waals surface area contributed by atoms with Crippen LogP contribution in [0.25, 0.3) is 0 Å². The second kappa shape index (κ2) is 6.31. The van der Waals surface area contributed by atoms with Gasteiger partial charge < -0.3 is 15.0 Å². The smallest absolute Gasteiger partial charge is 0.247 e. The molecular formula is C13H16N6O2. The largest absolute Gasteiger partial charge is 0.378 e. The second-order valence-electron chi connectivity index (χ2n) is 4.61. The molecule has 2 aromatic heterocycles. The van der Waals surface area contributed by atoms with E-state index in [1.807, 2.05) is 0 Å². The van der Waals surface area contributed by atoms with Gasteiger partial charge in [-0.2, -0.15) is 5.10 Å². The van der Waals surface area contributed by atoms with Crippen LogP contribution < -0.4 is 10.2 Å². The van der Waals surface area contributed by atoms with E-state index in [2.05, 4.69) is 25.3 Å². The van der Waals surface area contributed by atoms with Gasteiger partial charge in [0.05, 0.1) is 13.2 Å². The average molecular weight is 288 g/mol. The third-order valence-electron chi connectivity index (χ3n) is 3.12. The Bertz CT molecular complexity index is 594. The number of morpholine rings is 1. The van der Waals surface area contributed by atoms with Crippen molar-refractivity contribution in [2.24, 2.45) is 0 Å². The molecule has 3 heterocycles. The normalized spacial score (nSPS) is 15.0. The minimum atomic E-state index is -0.176. The molecule has 0 radical (unpaired) electrons. The minimum Gasteiger partial charge on any atom is -0.378 e. The topological polar surface area (TPSA) is 85.2 Å². The number of carbonyl (C=O) groups excluding carboxylic acids is 1. The third kappa shape index (κ3) is 3.54. The molecule has 8 nitrogen and oxygen atoms in total. The summed E-state index contributed by atoms with van der Waals surface area (Å²) in [6.07, 6.45) is 4.82. The van der Waals surface area contributed by atoms with Crippen LogP contribution in [0.3, 0.4) is 0 Å². The zero-order chi connectivity index (χ0) is 14.5. The van der Waals surface area contributed by atoms with Crippen molar-refractivity contribution in [2.75, 3.05) is 36.5 Å². The van der Waals surface area contributed by atoms with Crippen molar-refractivity contribution in [3.05, 3.63) is 30.9 Å². The van der Waals surface area contributed by atoms with Gasteiger partial charge in [-0.05, 0) is 6.07 Å². The summed E-state index contributed by atoms with van der Waals surface area (Å²) in [5, 5.41) is 6.74. The Morgan fingerprint density at radius 1 is 1.33 bits per heavy atom. The van der Waals surface area contributed by atoms with Crippen LogP contribution in [-0.2, 0) is 16.1 Å². The highest BCUT2D eigenvalue weighted by molar-refractivity contribution is 5.89. The standard InChI is InChI=1S/C13H16N6O2/c20-13(9-19-3-1-2-16-19)17-11-8-12(15-10-14-11)18-4-6-21-7-5-18/h1-3,8,10H,4-7,9H2,(H,14,15,17,20). The first-order valence-corrected chi connectivity index (χ1v) is 6.73. The Kier molecular flexibility index (Phi) is 4.06. The zero-order valence-corrected chi connectivity index (χ0v) is 11.5. The van der Waals surface area contributed by atoms with E-state index >= 15 is 0 Å². The van der Waals surface area contributed by atoms with E-state index in [1.54, 1.807) is 29.2 Å². The average Bonchev–Trinajstić information content (AvgIpc) is 3.01. The molecule has 0 aliphatic carbocycles. The number of anilines is 2. The fourth-order valence-corrected chi connectivity index (χ4v) is 2.10. The molecule has 21 heavy (non-hydrogen) atoms. The van der Waals surface area contributed by atoms with Gasteiger partial charge in [-0.25, -0.2) is 9.97 Å². The molecule has 1 aliphatic rings. The Morgan fingerprint density at radius 3 is 2.95 bits per heavy atom. The van der Waals surface area contributed by atoms with Gasteiger partial charge in [0.15, 0.2) is 0 Å². The van der Waals surface area contributed by atoms with Gasteiger partial charge in [0.25, 0.3) is 0 Å². The summed E-state index contributed by atoms with van der Waals surface area (Å²) < 4.78 is 6.87. The molecule has 0 atom stereocenters. The SMILES string of the molecule is O=C(Cn1cccn1)Nc1cc(N2CCOCC2)ncn1. The molecule has 1 amide bonds. The van der Waals surface area contributed by atoms with Crippen LogP contribution >= 0.6 is 0 Å². The van der Waals surface area contributed by atoms with Crippen molar-refractivity contribution in [2.45, 2.75) is 6.54 Å². The fraction of sp³-hybridized carbons (Fsp3) is 0.385. The van der Waals surface area contributed by atoms with Crippen molar-refractivity contribution < 1.29 is 9.53 Å². The van der Waals surface area contributed by atoms with E-state index in [9.17, 15) is 4.79 Å². The van der Waals surface area contributed by atoms with Gasteiger partial charge in [-0.3, -0.25) is 9.48 Å². The van der Waals surface area contributed by atoms with Gasteiger partial charge in [-0.1, -0.05) is 0 Å². The quantitative estimate of drug-likeness (QED) is 0.862. The lowest BCUT2D eigenvalue weighted by Crippen LogP contribution is -2.36. The number of nitrogens with one attached hydrogen (secondary N) is 1. The van der Waals surface area contributed by atoms with Gasteiger partial charge in [-0.15, -0.1) is 0 Å². The predicted molar refractivity (Wildman–Crippen MR) is 75.9 cm³/mol. The summed E-state index contributed by atoms with van der Waals surface area (Å²) in [6, 6.07) is 3.54. The lowest BCUT2D eigenvalue weighted by Gasteiger charge is -2.27. The summed E-state index contributed by atoms with van der Waals surface area (Å²) in [5.74, 6) is 1.11. The molecule has 1 aliphatic heterocycles. The maximum absolute atomic E-state index is 11.9. The molecule has 0 bridgehead atoms. The number of ether oxygens (including phenoxy) is 1. The molecule has 3 rings (SSSR count). The second-order valence-corrected chi connectivity index (χ2v) is 4.61. The summed E-state index contributed by atoms with van der Waals surface area (Å²) in [7, 11) is 0. The van der Waals surface area contributed by atoms with Crippen molar-refractivity contribution in [1.82, 2.24) is 19.7 Å². The number of hydrogen-bond donors (Lipinski definition) is 1. The van der Waals surface area contributed by atoms with Gasteiger partial charge in [0, 0.05) is 31.5 Å². The highest BCUT2D eigenvalue weighted by atomic mass is 16.5. The summed E-state index contributed by atoms with van der Waals surface area (Å²) >= 11 is 0. The van der Waals surface area contributed by atoms with Crippen molar-refractivity contribution in [1.29, 1.82) is 0 Å². The van der Waals surface area contributed by atoms with E-state index in [1.165, 1.54) is 6.33 Å². The highest BCUT2D eigenvalue weighted by Crippen LogP contribution is 2.15. The van der Waals surface area contributed by atoms with Gasteiger partial charge in [0.1, 0.15) is 24.5 Å². The number of rotatable bonds is 4. The van der Waals surface area contributed by atoms with Crippen LogP contribution in [0.1, 0.15) is 0 Å². The molecule has 0 aromatic carbocycles. The summed E-state index contributed by atoms with van der Waals surface area (Å²) in [4.78, 5) is 22.3. The molecule has 1 N–H and O–H groups in total. The highest BCUT2D eigenvalue weighted by Gasteiger charge is 2.13. The minimum absolute atomic E-state index is 0.157. The number of aromatic nitrogens is 4. The number of amides is 1. The van der Waals surface area contributed by atoms with E-state index in [0.29, 0.717) is 19.0 Å². The van der Waals surface area contributed by atoms with Gasteiger partial charge in [0.2, 0.25) is 5.91 Å². The van der Waals surface area contributed by atoms with Crippen LogP contribution in [0, 0.1) is 0 Å². The lowest BCUT2D eigenvalue weighted by molar-refractivity contribution is -0.116. The van der Waals surface area contributed by atoms with Crippen LogP contribution in [0.4, 0.5) is 11.6 Å². The lowest BCUT2D eigenvalue weighted by atomic mass is 10.4. The number of hydrogen-bond acceptors (Lipinski definition) is 6. The first kappa shape index (κ1) is 13.5. The monoisotopic (exact) mass is 288 g/mol. The van der Waals surface area contributed by atoms with E-state index in [4.69, 9.17) is 4.74 Å². The van der Waals surface area contributed by atoms with Crippen LogP contribution in [0.15, 0.2) is 30.9 Å².